The van der Waals surface area contributed by atoms with E-state index in [2.05, 4.69) is 42.4 Å². The number of nitrogens with zero attached hydrogens (tertiary/aromatic N) is 6. The van der Waals surface area contributed by atoms with Crippen molar-refractivity contribution in [1.82, 2.24) is 19.9 Å². The standard InChI is InChI=1S/C24H26FN8O6P/c1-14-12-37-9-8-32(14)19-7-4-15(10-26-19)28-23-27-11-16(25)20(31-23)29-18-6-5-17-21(30-18)33(13-38-40(35)36)22(34)24(2,3)39-17/h4-7,10-11,14H,8-9,12-13H2,1-3H3,(H2-,27,28,29,30,31,35,36)/p+1/t14-/m1/s1. The number of aromatic nitrogens is 4. The minimum absolute atomic E-state index is 0.0275. The fourth-order valence-corrected chi connectivity index (χ4v) is 4.42. The van der Waals surface area contributed by atoms with E-state index >= 15 is 0 Å². The number of morpholine rings is 1. The Labute approximate surface area is 229 Å². The van der Waals surface area contributed by atoms with Gasteiger partial charge in [0, 0.05) is 11.1 Å². The molecule has 3 N–H and O–H groups in total. The molecule has 210 valence electrons. The molecular weight excluding hydrogens is 546 g/mol. The van der Waals surface area contributed by atoms with E-state index in [0.29, 0.717) is 18.9 Å². The van der Waals surface area contributed by atoms with E-state index in [1.165, 1.54) is 12.1 Å². The quantitative estimate of drug-likeness (QED) is 0.337. The van der Waals surface area contributed by atoms with E-state index in [9.17, 15) is 13.8 Å². The Bertz CT molecular complexity index is 1430. The number of halogens is 1. The Kier molecular flexibility index (Phi) is 7.72. The van der Waals surface area contributed by atoms with Crippen molar-refractivity contribution in [2.75, 3.05) is 46.9 Å². The van der Waals surface area contributed by atoms with Crippen LogP contribution in [0.2, 0.25) is 0 Å². The highest BCUT2D eigenvalue weighted by atomic mass is 31.1. The molecule has 5 heterocycles. The Morgan fingerprint density at radius 2 is 2.02 bits per heavy atom. The zero-order valence-corrected chi connectivity index (χ0v) is 22.8. The number of amides is 1. The van der Waals surface area contributed by atoms with Gasteiger partial charge in [-0.05, 0) is 45.0 Å². The third kappa shape index (κ3) is 5.92. The molecule has 1 unspecified atom stereocenters. The second-order valence-corrected chi connectivity index (χ2v) is 10.3. The van der Waals surface area contributed by atoms with Crippen molar-refractivity contribution in [1.29, 1.82) is 0 Å². The number of fused-ring (bicyclic) bond motifs is 1. The molecular formula is C24H27FN8O6P+. The van der Waals surface area contributed by atoms with Crippen LogP contribution in [0.5, 0.6) is 5.75 Å². The number of pyridine rings is 2. The zero-order chi connectivity index (χ0) is 28.4. The van der Waals surface area contributed by atoms with Gasteiger partial charge in [0.1, 0.15) is 11.6 Å². The molecule has 2 aliphatic rings. The van der Waals surface area contributed by atoms with Crippen molar-refractivity contribution in [3.63, 3.8) is 0 Å². The third-order valence-corrected chi connectivity index (χ3v) is 6.51. The molecule has 5 rings (SSSR count). The molecule has 3 aromatic rings. The summed E-state index contributed by atoms with van der Waals surface area (Å²) in [6.07, 6.45) is 2.64. The minimum atomic E-state index is -2.96. The monoisotopic (exact) mass is 573 g/mol. The normalized spacial score (nSPS) is 18.6. The number of nitrogens with one attached hydrogen (secondary N) is 2. The van der Waals surface area contributed by atoms with Gasteiger partial charge >= 0.3 is 8.25 Å². The second kappa shape index (κ2) is 11.2. The summed E-state index contributed by atoms with van der Waals surface area (Å²) in [4.78, 5) is 42.2. The van der Waals surface area contributed by atoms with Crippen molar-refractivity contribution in [3.05, 3.63) is 42.5 Å². The van der Waals surface area contributed by atoms with Crippen LogP contribution in [0.15, 0.2) is 36.7 Å². The SMILES string of the molecule is C[C@@H]1COCCN1c1ccc(Nc2ncc(F)c(Nc3ccc4c(n3)N(CO[P+](=O)O)C(=O)C(C)(C)O4)n2)cn1. The molecule has 0 aliphatic carbocycles. The van der Waals surface area contributed by atoms with E-state index in [4.69, 9.17) is 18.9 Å². The van der Waals surface area contributed by atoms with Gasteiger partial charge in [0.2, 0.25) is 5.95 Å². The van der Waals surface area contributed by atoms with Crippen LogP contribution >= 0.6 is 8.25 Å². The summed E-state index contributed by atoms with van der Waals surface area (Å²) in [7, 11) is -2.96. The molecule has 0 spiro atoms. The predicted octanol–water partition coefficient (Wildman–Crippen LogP) is 3.25. The summed E-state index contributed by atoms with van der Waals surface area (Å²) in [5, 5.41) is 5.78. The predicted molar refractivity (Wildman–Crippen MR) is 143 cm³/mol. The number of anilines is 6. The van der Waals surface area contributed by atoms with Crippen LogP contribution < -0.4 is 25.2 Å². The second-order valence-electron chi connectivity index (χ2n) is 9.52. The van der Waals surface area contributed by atoms with Crippen molar-refractivity contribution in [2.45, 2.75) is 32.4 Å². The topological polar surface area (TPSA) is 164 Å². The lowest BCUT2D eigenvalue weighted by Crippen LogP contribution is -2.53. The maximum Gasteiger partial charge on any atom is 0.696 e. The van der Waals surface area contributed by atoms with E-state index in [0.717, 1.165) is 23.5 Å². The number of ether oxygens (including phenoxy) is 2. The molecule has 2 aliphatic heterocycles. The molecule has 16 heteroatoms. The van der Waals surface area contributed by atoms with Gasteiger partial charge in [-0.25, -0.2) is 19.3 Å². The van der Waals surface area contributed by atoms with Gasteiger partial charge in [-0.1, -0.05) is 4.52 Å². The maximum absolute atomic E-state index is 14.6. The van der Waals surface area contributed by atoms with Crippen LogP contribution in [0.3, 0.4) is 0 Å². The smallest absolute Gasteiger partial charge is 0.474 e. The molecule has 2 atom stereocenters. The van der Waals surface area contributed by atoms with E-state index < -0.39 is 32.3 Å². The number of hydrogen-bond donors (Lipinski definition) is 3. The summed E-state index contributed by atoms with van der Waals surface area (Å²) < 4.78 is 41.7. The first kappa shape index (κ1) is 27.5. The van der Waals surface area contributed by atoms with Crippen LogP contribution in [0.25, 0.3) is 0 Å². The Balaban J connectivity index is 1.34. The number of rotatable bonds is 8. The van der Waals surface area contributed by atoms with Gasteiger partial charge in [-0.3, -0.25) is 9.69 Å². The van der Waals surface area contributed by atoms with Gasteiger partial charge in [0.05, 0.1) is 37.3 Å². The fraction of sp³-hybridized carbons (Fsp3) is 0.375. The van der Waals surface area contributed by atoms with Crippen molar-refractivity contribution >= 4 is 49.1 Å². The van der Waals surface area contributed by atoms with Crippen molar-refractivity contribution in [3.8, 4) is 5.75 Å². The average Bonchev–Trinajstić information content (AvgIpc) is 2.92. The Morgan fingerprint density at radius 1 is 1.20 bits per heavy atom. The molecule has 0 radical (unpaired) electrons. The van der Waals surface area contributed by atoms with Crippen molar-refractivity contribution in [2.24, 2.45) is 0 Å². The third-order valence-electron chi connectivity index (χ3n) is 6.17. The molecule has 0 saturated carbocycles. The van der Waals surface area contributed by atoms with Gasteiger partial charge < -0.3 is 25.0 Å². The largest absolute Gasteiger partial charge is 0.696 e. The number of hydrogen-bond acceptors (Lipinski definition) is 12. The molecule has 1 amide bonds. The molecule has 0 aromatic carbocycles. The van der Waals surface area contributed by atoms with Gasteiger partial charge in [0.25, 0.3) is 5.91 Å². The summed E-state index contributed by atoms with van der Waals surface area (Å²) in [6.45, 7) is 6.66. The van der Waals surface area contributed by atoms with Crippen LogP contribution in [0, 0.1) is 5.82 Å². The van der Waals surface area contributed by atoms with Crippen LogP contribution in [0.1, 0.15) is 20.8 Å². The van der Waals surface area contributed by atoms with E-state index in [1.807, 2.05) is 12.1 Å². The number of carbonyl (C=O) groups excluding carboxylic acids is 1. The van der Waals surface area contributed by atoms with Crippen LogP contribution in [-0.2, 0) is 18.6 Å². The summed E-state index contributed by atoms with van der Waals surface area (Å²) in [5.74, 6) is -0.144. The summed E-state index contributed by atoms with van der Waals surface area (Å²) >= 11 is 0. The highest BCUT2D eigenvalue weighted by Gasteiger charge is 2.43. The lowest BCUT2D eigenvalue weighted by molar-refractivity contribution is -0.133. The molecule has 14 nitrogen and oxygen atoms in total. The average molecular weight is 574 g/mol. The molecule has 0 bridgehead atoms. The molecule has 1 saturated heterocycles. The highest BCUT2D eigenvalue weighted by molar-refractivity contribution is 7.32. The first-order chi connectivity index (χ1) is 19.1. The highest BCUT2D eigenvalue weighted by Crippen LogP contribution is 2.38. The Morgan fingerprint density at radius 3 is 2.75 bits per heavy atom. The molecule has 40 heavy (non-hydrogen) atoms. The minimum Gasteiger partial charge on any atom is -0.474 e. The van der Waals surface area contributed by atoms with E-state index in [-0.39, 0.29) is 35.2 Å². The van der Waals surface area contributed by atoms with Crippen molar-refractivity contribution < 1.29 is 32.6 Å². The van der Waals surface area contributed by atoms with Crippen LogP contribution in [-0.4, -0.2) is 68.9 Å². The van der Waals surface area contributed by atoms with Gasteiger partial charge in [-0.15, -0.1) is 4.89 Å². The van der Waals surface area contributed by atoms with E-state index in [1.54, 1.807) is 20.0 Å². The lowest BCUT2D eigenvalue weighted by atomic mass is 10.1. The van der Waals surface area contributed by atoms with Gasteiger partial charge in [-0.2, -0.15) is 4.98 Å². The molecule has 3 aromatic heterocycles. The lowest BCUT2D eigenvalue weighted by Gasteiger charge is -2.36. The fourth-order valence-electron chi connectivity index (χ4n) is 4.21. The van der Waals surface area contributed by atoms with Gasteiger partial charge in [0.15, 0.2) is 35.5 Å². The first-order valence-electron chi connectivity index (χ1n) is 12.3. The molecule has 1 fully saturated rings. The van der Waals surface area contributed by atoms with Crippen LogP contribution in [0.4, 0.5) is 39.3 Å². The Hall–Kier alpha value is -4.04. The summed E-state index contributed by atoms with van der Waals surface area (Å²) in [6, 6.07) is 6.95. The first-order valence-corrected chi connectivity index (χ1v) is 13.4. The summed E-state index contributed by atoms with van der Waals surface area (Å²) in [5.41, 5.74) is -0.661. The number of carbonyl (C=O) groups is 1. The zero-order valence-electron chi connectivity index (χ0n) is 21.9. The maximum atomic E-state index is 14.6.